The molecule has 0 fully saturated rings. The third kappa shape index (κ3) is 2.46. The van der Waals surface area contributed by atoms with E-state index in [0.717, 1.165) is 16.7 Å². The van der Waals surface area contributed by atoms with E-state index in [1.54, 1.807) is 0 Å². The quantitative estimate of drug-likeness (QED) is 0.520. The first-order chi connectivity index (χ1) is 8.96. The van der Waals surface area contributed by atoms with Crippen LogP contribution in [0.2, 0.25) is 0 Å². The van der Waals surface area contributed by atoms with Crippen molar-refractivity contribution < 1.29 is 0 Å². The van der Waals surface area contributed by atoms with Crippen molar-refractivity contribution in [2.75, 3.05) is 0 Å². The van der Waals surface area contributed by atoms with Gasteiger partial charge < -0.3 is 0 Å². The molecule has 0 aromatic heterocycles. The maximum absolute atomic E-state index is 6.98. The average molecular weight is 271 g/mol. The molecule has 0 bridgehead atoms. The number of rotatable bonds is 3. The van der Waals surface area contributed by atoms with Gasteiger partial charge in [-0.15, -0.1) is 11.6 Å². The zero-order chi connectivity index (χ0) is 14.0. The summed E-state index contributed by atoms with van der Waals surface area (Å²) >= 11 is 6.98. The summed E-state index contributed by atoms with van der Waals surface area (Å²) in [5.74, 6) is 0. The van der Waals surface area contributed by atoms with Crippen molar-refractivity contribution >= 4 is 11.6 Å². The van der Waals surface area contributed by atoms with Crippen molar-refractivity contribution in [2.45, 2.75) is 25.6 Å². The second-order valence-electron chi connectivity index (χ2n) is 5.12. The predicted octanol–water partition coefficient (Wildman–Crippen LogP) is 5.36. The van der Waals surface area contributed by atoms with E-state index in [2.05, 4.69) is 56.8 Å². The van der Waals surface area contributed by atoms with Crippen LogP contribution in [0.1, 0.15) is 29.2 Å². The highest BCUT2D eigenvalue weighted by atomic mass is 35.5. The molecular weight excluding hydrogens is 252 g/mol. The van der Waals surface area contributed by atoms with Gasteiger partial charge in [-0.3, -0.25) is 0 Å². The molecule has 98 valence electrons. The van der Waals surface area contributed by atoms with E-state index in [-0.39, 0.29) is 0 Å². The van der Waals surface area contributed by atoms with Gasteiger partial charge in [0.25, 0.3) is 0 Å². The molecule has 0 aliphatic rings. The molecule has 0 amide bonds. The first-order valence-corrected chi connectivity index (χ1v) is 6.82. The Morgan fingerprint density at radius 1 is 1.00 bits per heavy atom. The summed E-state index contributed by atoms with van der Waals surface area (Å²) in [7, 11) is 0. The van der Waals surface area contributed by atoms with Crippen LogP contribution in [0, 0.1) is 13.8 Å². The third-order valence-corrected chi connectivity index (χ3v) is 4.30. The van der Waals surface area contributed by atoms with E-state index >= 15 is 0 Å². The number of hydrogen-bond donors (Lipinski definition) is 0. The lowest BCUT2D eigenvalue weighted by molar-refractivity contribution is 0.847. The maximum atomic E-state index is 6.98. The van der Waals surface area contributed by atoms with Gasteiger partial charge in [0.15, 0.2) is 0 Å². The van der Waals surface area contributed by atoms with Crippen molar-refractivity contribution in [1.82, 2.24) is 0 Å². The summed E-state index contributed by atoms with van der Waals surface area (Å²) in [4.78, 5) is -0.654. The maximum Gasteiger partial charge on any atom is 0.115 e. The van der Waals surface area contributed by atoms with Gasteiger partial charge in [-0.1, -0.05) is 66.2 Å². The molecule has 1 heteroatoms. The molecule has 0 heterocycles. The molecule has 0 saturated heterocycles. The van der Waals surface area contributed by atoms with Crippen molar-refractivity contribution in [3.05, 3.63) is 82.9 Å². The highest BCUT2D eigenvalue weighted by Crippen LogP contribution is 2.43. The van der Waals surface area contributed by atoms with Crippen molar-refractivity contribution in [1.29, 1.82) is 0 Å². The number of halogens is 1. The summed E-state index contributed by atoms with van der Waals surface area (Å²) in [5.41, 5.74) is 5.53. The van der Waals surface area contributed by atoms with Crippen LogP contribution in [0.15, 0.2) is 60.7 Å². The lowest BCUT2D eigenvalue weighted by Gasteiger charge is -2.30. The second-order valence-corrected chi connectivity index (χ2v) is 5.69. The molecule has 2 aromatic rings. The van der Waals surface area contributed by atoms with Gasteiger partial charge in [0.2, 0.25) is 0 Å². The van der Waals surface area contributed by atoms with Gasteiger partial charge in [0.1, 0.15) is 4.87 Å². The number of hydrogen-bond acceptors (Lipinski definition) is 0. The van der Waals surface area contributed by atoms with Crippen LogP contribution in [0.4, 0.5) is 0 Å². The fourth-order valence-corrected chi connectivity index (χ4v) is 2.71. The Labute approximate surface area is 120 Å². The molecule has 1 unspecified atom stereocenters. The molecule has 0 N–H and O–H groups in total. The third-order valence-electron chi connectivity index (χ3n) is 3.55. The van der Waals surface area contributed by atoms with E-state index in [1.807, 2.05) is 19.1 Å². The smallest absolute Gasteiger partial charge is 0.104 e. The van der Waals surface area contributed by atoms with Crippen molar-refractivity contribution in [2.24, 2.45) is 0 Å². The van der Waals surface area contributed by atoms with Gasteiger partial charge in [0.05, 0.1) is 0 Å². The summed E-state index contributed by atoms with van der Waals surface area (Å²) < 4.78 is 0. The first-order valence-electron chi connectivity index (χ1n) is 6.44. The minimum atomic E-state index is -0.654. The predicted molar refractivity (Wildman–Crippen MR) is 83.8 cm³/mol. The number of aryl methyl sites for hydroxylation is 2. The normalized spacial score (nSPS) is 13.9. The van der Waals surface area contributed by atoms with Gasteiger partial charge in [-0.25, -0.2) is 0 Å². The van der Waals surface area contributed by atoms with Gasteiger partial charge in [-0.2, -0.15) is 0 Å². The van der Waals surface area contributed by atoms with Crippen LogP contribution < -0.4 is 0 Å². The molecule has 0 aliphatic carbocycles. The Morgan fingerprint density at radius 2 is 1.58 bits per heavy atom. The molecule has 0 spiro atoms. The standard InChI is InChI=1S/C18H19Cl/c1-13(2)18(19,16-11-9-14(3)10-12-16)17-8-6-5-7-15(17)4/h5-12H,1H2,2-4H3. The topological polar surface area (TPSA) is 0 Å². The average Bonchev–Trinajstić information content (AvgIpc) is 2.39. The van der Waals surface area contributed by atoms with E-state index < -0.39 is 4.87 Å². The molecule has 0 nitrogen and oxygen atoms in total. The van der Waals surface area contributed by atoms with E-state index in [0.29, 0.717) is 0 Å². The molecule has 2 rings (SSSR count). The van der Waals surface area contributed by atoms with Gasteiger partial charge in [-0.05, 0) is 37.5 Å². The summed E-state index contributed by atoms with van der Waals surface area (Å²) in [5, 5.41) is 0. The molecule has 2 aromatic carbocycles. The lowest BCUT2D eigenvalue weighted by Crippen LogP contribution is -2.22. The Kier molecular flexibility index (Phi) is 3.82. The van der Waals surface area contributed by atoms with Crippen LogP contribution in [0.5, 0.6) is 0 Å². The number of allylic oxidation sites excluding steroid dienone is 1. The fourth-order valence-electron chi connectivity index (χ4n) is 2.37. The molecule has 0 saturated carbocycles. The first kappa shape index (κ1) is 13.9. The number of alkyl halides is 1. The minimum Gasteiger partial charge on any atom is -0.104 e. The Balaban J connectivity index is 2.65. The van der Waals surface area contributed by atoms with Gasteiger partial charge >= 0.3 is 0 Å². The monoisotopic (exact) mass is 270 g/mol. The van der Waals surface area contributed by atoms with Crippen LogP contribution in [0.25, 0.3) is 0 Å². The summed E-state index contributed by atoms with van der Waals surface area (Å²) in [6.45, 7) is 10.3. The summed E-state index contributed by atoms with van der Waals surface area (Å²) in [6.07, 6.45) is 0. The lowest BCUT2D eigenvalue weighted by atomic mass is 9.83. The molecule has 0 radical (unpaired) electrons. The molecular formula is C18H19Cl. The van der Waals surface area contributed by atoms with E-state index in [1.165, 1.54) is 11.1 Å². The van der Waals surface area contributed by atoms with E-state index in [9.17, 15) is 0 Å². The highest BCUT2D eigenvalue weighted by Gasteiger charge is 2.33. The highest BCUT2D eigenvalue weighted by molar-refractivity contribution is 6.28. The zero-order valence-corrected chi connectivity index (χ0v) is 12.5. The van der Waals surface area contributed by atoms with Crippen molar-refractivity contribution in [3.63, 3.8) is 0 Å². The summed E-state index contributed by atoms with van der Waals surface area (Å²) in [6, 6.07) is 16.6. The van der Waals surface area contributed by atoms with Gasteiger partial charge in [0, 0.05) is 0 Å². The van der Waals surface area contributed by atoms with Crippen LogP contribution >= 0.6 is 11.6 Å². The number of benzene rings is 2. The van der Waals surface area contributed by atoms with Crippen molar-refractivity contribution in [3.8, 4) is 0 Å². The Morgan fingerprint density at radius 3 is 2.11 bits per heavy atom. The molecule has 1 atom stereocenters. The van der Waals surface area contributed by atoms with Crippen LogP contribution in [0.3, 0.4) is 0 Å². The van der Waals surface area contributed by atoms with Crippen LogP contribution in [-0.2, 0) is 4.87 Å². The molecule has 19 heavy (non-hydrogen) atoms. The van der Waals surface area contributed by atoms with Crippen LogP contribution in [-0.4, -0.2) is 0 Å². The molecule has 0 aliphatic heterocycles. The van der Waals surface area contributed by atoms with E-state index in [4.69, 9.17) is 11.6 Å². The Hall–Kier alpha value is -1.53. The zero-order valence-electron chi connectivity index (χ0n) is 11.7. The SMILES string of the molecule is C=C(C)C(Cl)(c1ccc(C)cc1)c1ccccc1C. The fraction of sp³-hybridized carbons (Fsp3) is 0.222. The Bertz CT molecular complexity index is 595. The second kappa shape index (κ2) is 5.22. The largest absolute Gasteiger partial charge is 0.115 e. The minimum absolute atomic E-state index is 0.654.